The molecule has 1 amide bonds. The maximum absolute atomic E-state index is 12.5. The normalized spacial score (nSPS) is 18.3. The number of carboxylic acids is 1. The summed E-state index contributed by atoms with van der Waals surface area (Å²) in [4.78, 5) is 25.5. The zero-order chi connectivity index (χ0) is 16.3. The van der Waals surface area contributed by atoms with Gasteiger partial charge in [-0.25, -0.2) is 4.79 Å². The summed E-state index contributed by atoms with van der Waals surface area (Å²) in [5, 5.41) is 9.37. The van der Waals surface area contributed by atoms with E-state index in [9.17, 15) is 14.7 Å². The topological polar surface area (TPSA) is 70.8 Å². The summed E-state index contributed by atoms with van der Waals surface area (Å²) in [6.45, 7) is 3.79. The Kier molecular flexibility index (Phi) is 5.42. The van der Waals surface area contributed by atoms with Crippen LogP contribution >= 0.6 is 24.0 Å². The van der Waals surface area contributed by atoms with E-state index in [1.807, 2.05) is 13.8 Å². The Labute approximate surface area is 138 Å². The van der Waals surface area contributed by atoms with Gasteiger partial charge in [-0.15, -0.1) is 0 Å². The number of aryl methyl sites for hydroxylation is 1. The van der Waals surface area contributed by atoms with Crippen LogP contribution in [0.4, 0.5) is 0 Å². The highest BCUT2D eigenvalue weighted by Crippen LogP contribution is 2.35. The standard InChI is InChI=1S/C15H17NO4S2/c1-3-4-5-11(14(18)19)16-13(17)12(22-15(16)21)8-10-7-6-9(2)20-10/h6-8,11H,3-5H2,1-2H3,(H,18,19)/t11-/m1/s1. The van der Waals surface area contributed by atoms with Gasteiger partial charge in [0.1, 0.15) is 21.9 Å². The Hall–Kier alpha value is -1.60. The second-order valence-corrected chi connectivity index (χ2v) is 6.67. The molecule has 1 aliphatic rings. The summed E-state index contributed by atoms with van der Waals surface area (Å²) in [5.41, 5.74) is 0. The van der Waals surface area contributed by atoms with Crippen LogP contribution in [0.3, 0.4) is 0 Å². The zero-order valence-corrected chi connectivity index (χ0v) is 14.0. The van der Waals surface area contributed by atoms with Gasteiger partial charge in [0.25, 0.3) is 5.91 Å². The predicted molar refractivity (Wildman–Crippen MR) is 89.4 cm³/mol. The van der Waals surface area contributed by atoms with Crippen LogP contribution in [0.2, 0.25) is 0 Å². The molecule has 1 atom stereocenters. The summed E-state index contributed by atoms with van der Waals surface area (Å²) in [6, 6.07) is 2.65. The van der Waals surface area contributed by atoms with Crippen LogP contribution < -0.4 is 0 Å². The fourth-order valence-electron chi connectivity index (χ4n) is 2.17. The fourth-order valence-corrected chi connectivity index (χ4v) is 3.51. The molecule has 1 aromatic rings. The molecule has 0 spiro atoms. The molecule has 118 valence electrons. The largest absolute Gasteiger partial charge is 0.480 e. The van der Waals surface area contributed by atoms with Crippen molar-refractivity contribution in [2.24, 2.45) is 0 Å². The molecule has 5 nitrogen and oxygen atoms in total. The number of nitrogens with zero attached hydrogens (tertiary/aromatic N) is 1. The lowest BCUT2D eigenvalue weighted by molar-refractivity contribution is -0.145. The first-order chi connectivity index (χ1) is 10.4. The third kappa shape index (κ3) is 3.59. The number of thiocarbonyl (C=S) groups is 1. The molecule has 0 unspecified atom stereocenters. The Morgan fingerprint density at radius 2 is 2.27 bits per heavy atom. The number of amides is 1. The van der Waals surface area contributed by atoms with Crippen LogP contribution in [0, 0.1) is 6.92 Å². The van der Waals surface area contributed by atoms with Gasteiger partial charge < -0.3 is 9.52 Å². The second-order valence-electron chi connectivity index (χ2n) is 5.00. The van der Waals surface area contributed by atoms with E-state index in [-0.39, 0.29) is 10.2 Å². The monoisotopic (exact) mass is 339 g/mol. The Morgan fingerprint density at radius 1 is 1.55 bits per heavy atom. The molecule has 0 bridgehead atoms. The lowest BCUT2D eigenvalue weighted by Crippen LogP contribution is -2.43. The maximum Gasteiger partial charge on any atom is 0.326 e. The minimum Gasteiger partial charge on any atom is -0.480 e. The lowest BCUT2D eigenvalue weighted by atomic mass is 10.1. The number of aliphatic carboxylic acids is 1. The minimum absolute atomic E-state index is 0.281. The Morgan fingerprint density at radius 3 is 2.82 bits per heavy atom. The molecule has 0 radical (unpaired) electrons. The van der Waals surface area contributed by atoms with E-state index in [4.69, 9.17) is 16.6 Å². The zero-order valence-electron chi connectivity index (χ0n) is 12.4. The van der Waals surface area contributed by atoms with Crippen molar-refractivity contribution >= 4 is 46.3 Å². The first-order valence-corrected chi connectivity index (χ1v) is 8.22. The average Bonchev–Trinajstić information content (AvgIpc) is 2.97. The van der Waals surface area contributed by atoms with E-state index >= 15 is 0 Å². The van der Waals surface area contributed by atoms with Crippen LogP contribution in [0.1, 0.15) is 37.7 Å². The van der Waals surface area contributed by atoms with E-state index in [1.54, 1.807) is 18.2 Å². The number of hydrogen-bond acceptors (Lipinski definition) is 5. The predicted octanol–water partition coefficient (Wildman–Crippen LogP) is 3.43. The van der Waals surface area contributed by atoms with Crippen molar-refractivity contribution in [3.63, 3.8) is 0 Å². The molecule has 1 aliphatic heterocycles. The highest BCUT2D eigenvalue weighted by molar-refractivity contribution is 8.26. The van der Waals surface area contributed by atoms with E-state index in [0.717, 1.165) is 30.4 Å². The van der Waals surface area contributed by atoms with Gasteiger partial charge in [-0.05, 0) is 25.5 Å². The number of thioether (sulfide) groups is 1. The number of carbonyl (C=O) groups excluding carboxylic acids is 1. The maximum atomic E-state index is 12.5. The highest BCUT2D eigenvalue weighted by atomic mass is 32.2. The van der Waals surface area contributed by atoms with Crippen LogP contribution in [-0.2, 0) is 9.59 Å². The van der Waals surface area contributed by atoms with Crippen LogP contribution in [0.25, 0.3) is 6.08 Å². The van der Waals surface area contributed by atoms with Crippen molar-refractivity contribution in [2.75, 3.05) is 0 Å². The van der Waals surface area contributed by atoms with E-state index in [0.29, 0.717) is 17.1 Å². The van der Waals surface area contributed by atoms with Gasteiger partial charge in [-0.2, -0.15) is 0 Å². The molecule has 0 aromatic carbocycles. The van der Waals surface area contributed by atoms with Gasteiger partial charge in [0.05, 0.1) is 4.91 Å². The average molecular weight is 339 g/mol. The molecule has 2 heterocycles. The van der Waals surface area contributed by atoms with Crippen LogP contribution in [0.5, 0.6) is 0 Å². The lowest BCUT2D eigenvalue weighted by Gasteiger charge is -2.22. The summed E-state index contributed by atoms with van der Waals surface area (Å²) in [6.07, 6.45) is 3.58. The molecule has 1 N–H and O–H groups in total. The number of hydrogen-bond donors (Lipinski definition) is 1. The van der Waals surface area contributed by atoms with Crippen molar-refractivity contribution < 1.29 is 19.1 Å². The number of rotatable bonds is 6. The molecular formula is C15H17NO4S2. The van der Waals surface area contributed by atoms with Crippen molar-refractivity contribution in [3.05, 3.63) is 28.6 Å². The first-order valence-electron chi connectivity index (χ1n) is 7.00. The Bertz CT molecular complexity index is 635. The third-order valence-electron chi connectivity index (χ3n) is 3.29. The summed E-state index contributed by atoms with van der Waals surface area (Å²) >= 11 is 6.31. The highest BCUT2D eigenvalue weighted by Gasteiger charge is 2.40. The van der Waals surface area contributed by atoms with E-state index in [2.05, 4.69) is 0 Å². The molecule has 22 heavy (non-hydrogen) atoms. The number of carbonyl (C=O) groups is 2. The number of furan rings is 1. The minimum atomic E-state index is -1.03. The second kappa shape index (κ2) is 7.11. The molecular weight excluding hydrogens is 322 g/mol. The van der Waals surface area contributed by atoms with Gasteiger partial charge >= 0.3 is 5.97 Å². The van der Waals surface area contributed by atoms with Gasteiger partial charge in [0.2, 0.25) is 0 Å². The van der Waals surface area contributed by atoms with Gasteiger partial charge in [-0.3, -0.25) is 9.69 Å². The summed E-state index contributed by atoms with van der Waals surface area (Å²) < 4.78 is 5.70. The molecule has 1 fully saturated rings. The van der Waals surface area contributed by atoms with Crippen molar-refractivity contribution in [3.8, 4) is 0 Å². The van der Waals surface area contributed by atoms with Gasteiger partial charge in [-0.1, -0.05) is 43.7 Å². The summed E-state index contributed by atoms with van der Waals surface area (Å²) in [5.74, 6) is -0.0982. The van der Waals surface area contributed by atoms with E-state index in [1.165, 1.54) is 4.90 Å². The third-order valence-corrected chi connectivity index (χ3v) is 4.62. The van der Waals surface area contributed by atoms with Crippen LogP contribution in [0.15, 0.2) is 21.5 Å². The SMILES string of the molecule is CCCC[C@H](C(=O)O)N1C(=O)C(=Cc2ccc(C)o2)SC1=S. The van der Waals surface area contributed by atoms with Crippen molar-refractivity contribution in [1.82, 2.24) is 4.90 Å². The molecule has 7 heteroatoms. The number of unbranched alkanes of at least 4 members (excludes halogenated alkanes) is 1. The molecule has 2 rings (SSSR count). The Balaban J connectivity index is 2.23. The van der Waals surface area contributed by atoms with Crippen LogP contribution in [-0.4, -0.2) is 32.2 Å². The van der Waals surface area contributed by atoms with Gasteiger partial charge in [0, 0.05) is 6.08 Å². The van der Waals surface area contributed by atoms with E-state index < -0.39 is 12.0 Å². The smallest absolute Gasteiger partial charge is 0.326 e. The summed E-state index contributed by atoms with van der Waals surface area (Å²) in [7, 11) is 0. The van der Waals surface area contributed by atoms with Gasteiger partial charge in [0.15, 0.2) is 0 Å². The quantitative estimate of drug-likeness (QED) is 0.632. The van der Waals surface area contributed by atoms with Crippen molar-refractivity contribution in [1.29, 1.82) is 0 Å². The number of carboxylic acid groups (broad SMARTS) is 1. The van der Waals surface area contributed by atoms with Crippen molar-refractivity contribution in [2.45, 2.75) is 39.2 Å². The fraction of sp³-hybridized carbons (Fsp3) is 0.400. The molecule has 0 aliphatic carbocycles. The first kappa shape index (κ1) is 16.8. The molecule has 0 saturated carbocycles. The molecule has 1 aromatic heterocycles. The molecule has 1 saturated heterocycles.